The van der Waals surface area contributed by atoms with Crippen molar-refractivity contribution in [3.8, 4) is 5.95 Å². The van der Waals surface area contributed by atoms with Crippen LogP contribution in [0, 0.1) is 0 Å². The molecule has 1 aliphatic heterocycles. The summed E-state index contributed by atoms with van der Waals surface area (Å²) >= 11 is 0. The number of nitrogens with one attached hydrogen (secondary N) is 2. The molecule has 8 nitrogen and oxygen atoms in total. The highest BCUT2D eigenvalue weighted by Gasteiger charge is 2.43. The Morgan fingerprint density at radius 2 is 1.77 bits per heavy atom. The molecule has 0 aliphatic carbocycles. The lowest BCUT2D eigenvalue weighted by Gasteiger charge is -2.14. The number of imide groups is 1. The quantitative estimate of drug-likeness (QED) is 0.489. The van der Waals surface area contributed by atoms with E-state index in [9.17, 15) is 14.4 Å². The minimum atomic E-state index is -0.816. The molecule has 0 bridgehead atoms. The van der Waals surface area contributed by atoms with Crippen LogP contribution in [0.25, 0.3) is 17.0 Å². The molecule has 1 aliphatic rings. The first-order chi connectivity index (χ1) is 15.1. The molecule has 156 valence electrons. The van der Waals surface area contributed by atoms with E-state index in [-0.39, 0.29) is 23.8 Å². The Morgan fingerprint density at radius 1 is 1.03 bits per heavy atom. The number of hydrogen-bond donors (Lipinski definition) is 2. The fourth-order valence-electron chi connectivity index (χ4n) is 4.20. The molecule has 1 fully saturated rings. The van der Waals surface area contributed by atoms with E-state index in [0.717, 1.165) is 17.5 Å². The van der Waals surface area contributed by atoms with E-state index in [1.807, 2.05) is 37.3 Å². The van der Waals surface area contributed by atoms with E-state index in [0.29, 0.717) is 29.3 Å². The van der Waals surface area contributed by atoms with Gasteiger partial charge < -0.3 is 4.98 Å². The van der Waals surface area contributed by atoms with Gasteiger partial charge in [0.15, 0.2) is 0 Å². The van der Waals surface area contributed by atoms with Crippen LogP contribution >= 0.6 is 0 Å². The van der Waals surface area contributed by atoms with Crippen molar-refractivity contribution >= 4 is 28.5 Å². The van der Waals surface area contributed by atoms with Gasteiger partial charge in [-0.1, -0.05) is 43.7 Å². The first kappa shape index (κ1) is 19.0. The first-order valence-corrected chi connectivity index (χ1v) is 10.3. The number of aromatic amines is 2. The van der Waals surface area contributed by atoms with Crippen LogP contribution in [0.4, 0.5) is 5.69 Å². The molecule has 5 rings (SSSR count). The number of nitrogens with zero attached hydrogens (tertiary/aromatic N) is 3. The van der Waals surface area contributed by atoms with Crippen molar-refractivity contribution in [2.24, 2.45) is 0 Å². The molecule has 0 saturated carbocycles. The molecular formula is C23H21N5O3. The summed E-state index contributed by atoms with van der Waals surface area (Å²) < 4.78 is 1.34. The largest absolute Gasteiger partial charge is 0.322 e. The van der Waals surface area contributed by atoms with Gasteiger partial charge in [-0.2, -0.15) is 4.68 Å². The van der Waals surface area contributed by atoms with Gasteiger partial charge in [-0.25, -0.2) is 4.98 Å². The molecule has 31 heavy (non-hydrogen) atoms. The maximum absolute atomic E-state index is 13.4. The van der Waals surface area contributed by atoms with Gasteiger partial charge in [0, 0.05) is 12.1 Å². The van der Waals surface area contributed by atoms with Gasteiger partial charge >= 0.3 is 0 Å². The summed E-state index contributed by atoms with van der Waals surface area (Å²) in [6, 6.07) is 16.3. The molecule has 2 N–H and O–H groups in total. The highest BCUT2D eigenvalue weighted by atomic mass is 16.2. The van der Waals surface area contributed by atoms with Crippen LogP contribution in [-0.4, -0.2) is 31.6 Å². The number of carbonyl (C=O) groups excluding carboxylic acids is 2. The predicted octanol–water partition coefficient (Wildman–Crippen LogP) is 3.04. The molecule has 4 aromatic rings. The highest BCUT2D eigenvalue weighted by molar-refractivity contribution is 6.22. The summed E-state index contributed by atoms with van der Waals surface area (Å²) in [4.78, 5) is 48.2. The third-order valence-corrected chi connectivity index (χ3v) is 5.60. The molecule has 2 aromatic carbocycles. The van der Waals surface area contributed by atoms with Crippen molar-refractivity contribution < 1.29 is 9.59 Å². The number of aryl methyl sites for hydroxylation is 1. The molecule has 3 heterocycles. The van der Waals surface area contributed by atoms with Gasteiger partial charge in [0.05, 0.1) is 28.2 Å². The minimum Gasteiger partial charge on any atom is -0.322 e. The van der Waals surface area contributed by atoms with Gasteiger partial charge in [0.2, 0.25) is 17.8 Å². The number of carbonyl (C=O) groups is 2. The molecule has 8 heteroatoms. The summed E-state index contributed by atoms with van der Waals surface area (Å²) in [5, 5.41) is 3.12. The summed E-state index contributed by atoms with van der Waals surface area (Å²) in [5.74, 6) is -1.14. The number of fused-ring (bicyclic) bond motifs is 1. The Morgan fingerprint density at radius 3 is 2.52 bits per heavy atom. The van der Waals surface area contributed by atoms with Crippen LogP contribution in [0.15, 0.2) is 59.4 Å². The number of para-hydroxylation sites is 3. The number of anilines is 1. The van der Waals surface area contributed by atoms with Gasteiger partial charge in [-0.3, -0.25) is 24.4 Å². The Balaban J connectivity index is 1.60. The number of H-pyrrole nitrogens is 2. The van der Waals surface area contributed by atoms with E-state index in [1.54, 1.807) is 24.3 Å². The molecule has 1 saturated heterocycles. The third kappa shape index (κ3) is 3.07. The second-order valence-corrected chi connectivity index (χ2v) is 7.63. The zero-order chi connectivity index (χ0) is 21.5. The van der Waals surface area contributed by atoms with E-state index in [4.69, 9.17) is 0 Å². The Bertz CT molecular complexity index is 1320. The minimum absolute atomic E-state index is 0.0301. The summed E-state index contributed by atoms with van der Waals surface area (Å²) in [6.07, 6.45) is 1.34. The molecule has 2 aromatic heterocycles. The number of aromatic nitrogens is 4. The van der Waals surface area contributed by atoms with E-state index in [2.05, 4.69) is 15.1 Å². The normalized spacial score (nSPS) is 16.5. The van der Waals surface area contributed by atoms with Crippen molar-refractivity contribution in [2.75, 3.05) is 4.90 Å². The molecule has 0 spiro atoms. The average molecular weight is 415 g/mol. The first-order valence-electron chi connectivity index (χ1n) is 10.3. The van der Waals surface area contributed by atoms with Crippen LogP contribution in [0.3, 0.4) is 0 Å². The highest BCUT2D eigenvalue weighted by Crippen LogP contribution is 2.33. The number of rotatable bonds is 5. The number of amides is 2. The maximum Gasteiger partial charge on any atom is 0.278 e. The molecular weight excluding hydrogens is 394 g/mol. The second-order valence-electron chi connectivity index (χ2n) is 7.63. The van der Waals surface area contributed by atoms with Crippen molar-refractivity contribution in [3.63, 3.8) is 0 Å². The zero-order valence-electron chi connectivity index (χ0n) is 17.0. The number of imidazole rings is 1. The van der Waals surface area contributed by atoms with Crippen LogP contribution in [0.1, 0.15) is 36.9 Å². The van der Waals surface area contributed by atoms with Crippen molar-refractivity contribution in [3.05, 3.63) is 76.2 Å². The average Bonchev–Trinajstić information content (AvgIpc) is 3.42. The fourth-order valence-corrected chi connectivity index (χ4v) is 4.20. The lowest BCUT2D eigenvalue weighted by atomic mass is 9.96. The number of benzene rings is 2. The summed E-state index contributed by atoms with van der Waals surface area (Å²) in [6.45, 7) is 2.00. The summed E-state index contributed by atoms with van der Waals surface area (Å²) in [5.41, 5.74) is 2.71. The van der Waals surface area contributed by atoms with Crippen molar-refractivity contribution in [2.45, 2.75) is 32.1 Å². The standard InChI is InChI=1S/C23H21N5O3/c1-2-8-18-20(15-13-19(29)27(21(15)30)14-9-4-3-5-10-14)22(31)28(26-18)23-24-16-11-6-7-12-17(16)25-23/h3-7,9-12,15,26H,2,8,13H2,1H3,(H,24,25)/t15-/m0/s1. The van der Waals surface area contributed by atoms with Crippen LogP contribution in [-0.2, 0) is 16.0 Å². The Hall–Kier alpha value is -3.94. The van der Waals surface area contributed by atoms with Crippen molar-refractivity contribution in [1.82, 2.24) is 19.7 Å². The second kappa shape index (κ2) is 7.39. The molecule has 0 radical (unpaired) electrons. The maximum atomic E-state index is 13.4. The molecule has 2 amide bonds. The Labute approximate surface area is 177 Å². The van der Waals surface area contributed by atoms with Gasteiger partial charge in [-0.15, -0.1) is 0 Å². The van der Waals surface area contributed by atoms with Crippen LogP contribution in [0.2, 0.25) is 0 Å². The smallest absolute Gasteiger partial charge is 0.278 e. The lowest BCUT2D eigenvalue weighted by molar-refractivity contribution is -0.121. The van der Waals surface area contributed by atoms with Gasteiger partial charge in [-0.05, 0) is 30.7 Å². The van der Waals surface area contributed by atoms with Crippen LogP contribution < -0.4 is 10.5 Å². The molecule has 1 atom stereocenters. The van der Waals surface area contributed by atoms with Crippen LogP contribution in [0.5, 0.6) is 0 Å². The Kier molecular flexibility index (Phi) is 4.54. The van der Waals surface area contributed by atoms with E-state index >= 15 is 0 Å². The zero-order valence-corrected chi connectivity index (χ0v) is 17.0. The monoisotopic (exact) mass is 415 g/mol. The van der Waals surface area contributed by atoms with Gasteiger partial charge in [0.1, 0.15) is 0 Å². The number of hydrogen-bond acceptors (Lipinski definition) is 4. The third-order valence-electron chi connectivity index (χ3n) is 5.60. The van der Waals surface area contributed by atoms with Crippen molar-refractivity contribution in [1.29, 1.82) is 0 Å². The van der Waals surface area contributed by atoms with E-state index in [1.165, 1.54) is 9.58 Å². The predicted molar refractivity (Wildman–Crippen MR) is 116 cm³/mol. The lowest BCUT2D eigenvalue weighted by Crippen LogP contribution is -2.31. The summed E-state index contributed by atoms with van der Waals surface area (Å²) in [7, 11) is 0. The topological polar surface area (TPSA) is 104 Å². The molecule has 0 unspecified atom stereocenters. The van der Waals surface area contributed by atoms with Gasteiger partial charge in [0.25, 0.3) is 5.56 Å². The fraction of sp³-hybridized carbons (Fsp3) is 0.217. The van der Waals surface area contributed by atoms with E-state index < -0.39 is 5.92 Å². The SMILES string of the molecule is CCCc1[nH]n(-c2nc3ccccc3[nH]2)c(=O)c1[C@@H]1CC(=O)N(c2ccccc2)C1=O.